The lowest BCUT2D eigenvalue weighted by molar-refractivity contribution is 0.427. The quantitative estimate of drug-likeness (QED) is 0.898. The van der Waals surface area contributed by atoms with Gasteiger partial charge in [-0.25, -0.2) is 12.8 Å². The fourth-order valence-corrected chi connectivity index (χ4v) is 3.68. The van der Waals surface area contributed by atoms with E-state index in [2.05, 4.69) is 5.32 Å². The van der Waals surface area contributed by atoms with Crippen molar-refractivity contribution in [3.8, 4) is 0 Å². The fourth-order valence-electron chi connectivity index (χ4n) is 1.88. The molecule has 0 aromatic heterocycles. The van der Waals surface area contributed by atoms with Crippen molar-refractivity contribution >= 4 is 21.6 Å². The van der Waals surface area contributed by atoms with Crippen molar-refractivity contribution in [3.05, 3.63) is 29.0 Å². The SMILES string of the molecule is O=S(=O)(c1cc(Cl)ccc1F)N1CCCNCC1. The van der Waals surface area contributed by atoms with E-state index < -0.39 is 15.8 Å². The van der Waals surface area contributed by atoms with Crippen LogP contribution in [0, 0.1) is 5.82 Å². The van der Waals surface area contributed by atoms with Crippen molar-refractivity contribution in [2.24, 2.45) is 0 Å². The van der Waals surface area contributed by atoms with Gasteiger partial charge in [0.2, 0.25) is 10.0 Å². The molecular weight excluding hydrogens is 279 g/mol. The molecule has 0 spiro atoms. The second kappa shape index (κ2) is 5.52. The minimum Gasteiger partial charge on any atom is -0.315 e. The minimum absolute atomic E-state index is 0.211. The van der Waals surface area contributed by atoms with Crippen LogP contribution < -0.4 is 5.32 Å². The molecule has 18 heavy (non-hydrogen) atoms. The first-order chi connectivity index (χ1) is 8.51. The summed E-state index contributed by atoms with van der Waals surface area (Å²) in [5, 5.41) is 3.31. The van der Waals surface area contributed by atoms with E-state index in [0.717, 1.165) is 18.7 Å². The average molecular weight is 293 g/mol. The van der Waals surface area contributed by atoms with Crippen LogP contribution in [0.4, 0.5) is 4.39 Å². The number of benzene rings is 1. The third-order valence-corrected chi connectivity index (χ3v) is 4.96. The Balaban J connectivity index is 2.37. The van der Waals surface area contributed by atoms with Crippen LogP contribution in [0.1, 0.15) is 6.42 Å². The largest absolute Gasteiger partial charge is 0.315 e. The van der Waals surface area contributed by atoms with Crippen LogP contribution in [-0.2, 0) is 10.0 Å². The summed E-state index contributed by atoms with van der Waals surface area (Å²) in [6.45, 7) is 2.07. The number of nitrogens with one attached hydrogen (secondary N) is 1. The number of hydrogen-bond donors (Lipinski definition) is 1. The predicted octanol–water partition coefficient (Wildman–Crippen LogP) is 1.46. The molecule has 0 radical (unpaired) electrons. The van der Waals surface area contributed by atoms with Crippen molar-refractivity contribution in [1.82, 2.24) is 9.62 Å². The molecule has 7 heteroatoms. The molecule has 1 aromatic rings. The predicted molar refractivity (Wildman–Crippen MR) is 67.7 cm³/mol. The lowest BCUT2D eigenvalue weighted by Crippen LogP contribution is -2.34. The van der Waals surface area contributed by atoms with Gasteiger partial charge >= 0.3 is 0 Å². The van der Waals surface area contributed by atoms with Crippen molar-refractivity contribution in [1.29, 1.82) is 0 Å². The molecule has 0 unspecified atom stereocenters. The van der Waals surface area contributed by atoms with Gasteiger partial charge in [0.25, 0.3) is 0 Å². The standard InChI is InChI=1S/C11H14ClFN2O2S/c12-9-2-3-10(13)11(8-9)18(16,17)15-6-1-4-14-5-7-15/h2-3,8,14H,1,4-7H2. The molecular formula is C11H14ClFN2O2S. The van der Waals surface area contributed by atoms with E-state index >= 15 is 0 Å². The molecule has 1 N–H and O–H groups in total. The van der Waals surface area contributed by atoms with Gasteiger partial charge < -0.3 is 5.32 Å². The Labute approximate surface area is 111 Å². The second-order valence-corrected chi connectivity index (χ2v) is 6.43. The molecule has 0 aliphatic carbocycles. The molecule has 100 valence electrons. The summed E-state index contributed by atoms with van der Waals surface area (Å²) < 4.78 is 39.6. The Kier molecular flexibility index (Phi) is 4.21. The van der Waals surface area contributed by atoms with E-state index in [1.807, 2.05) is 0 Å². The van der Waals surface area contributed by atoms with Gasteiger partial charge in [-0.2, -0.15) is 4.31 Å². The lowest BCUT2D eigenvalue weighted by atomic mass is 10.3. The normalized spacial score (nSPS) is 18.6. The van der Waals surface area contributed by atoms with Gasteiger partial charge in [-0.3, -0.25) is 0 Å². The molecule has 1 aliphatic heterocycles. The van der Waals surface area contributed by atoms with E-state index in [9.17, 15) is 12.8 Å². The van der Waals surface area contributed by atoms with Crippen molar-refractivity contribution in [2.45, 2.75) is 11.3 Å². The van der Waals surface area contributed by atoms with Crippen molar-refractivity contribution < 1.29 is 12.8 Å². The molecule has 1 aliphatic rings. The first-order valence-corrected chi connectivity index (χ1v) is 7.49. The van der Waals surface area contributed by atoms with Gasteiger partial charge in [-0.05, 0) is 31.2 Å². The summed E-state index contributed by atoms with van der Waals surface area (Å²) in [7, 11) is -3.80. The Morgan fingerprint density at radius 3 is 2.83 bits per heavy atom. The maximum Gasteiger partial charge on any atom is 0.246 e. The summed E-state index contributed by atoms with van der Waals surface area (Å²) in [4.78, 5) is -0.350. The summed E-state index contributed by atoms with van der Waals surface area (Å²) in [5.74, 6) is -0.767. The van der Waals surface area contributed by atoms with Gasteiger partial charge in [0.1, 0.15) is 10.7 Å². The molecule has 1 fully saturated rings. The topological polar surface area (TPSA) is 49.4 Å². The molecule has 0 amide bonds. The monoisotopic (exact) mass is 292 g/mol. The third-order valence-electron chi connectivity index (χ3n) is 2.81. The molecule has 0 bridgehead atoms. The highest BCUT2D eigenvalue weighted by Crippen LogP contribution is 2.23. The van der Waals surface area contributed by atoms with Crippen molar-refractivity contribution in [3.63, 3.8) is 0 Å². The van der Waals surface area contributed by atoms with E-state index in [1.54, 1.807) is 0 Å². The molecule has 1 saturated heterocycles. The van der Waals surface area contributed by atoms with Crippen LogP contribution in [0.3, 0.4) is 0 Å². The third kappa shape index (κ3) is 2.83. The Bertz CT molecular complexity index is 528. The molecule has 4 nitrogen and oxygen atoms in total. The van der Waals surface area contributed by atoms with E-state index in [4.69, 9.17) is 11.6 Å². The maximum absolute atomic E-state index is 13.6. The lowest BCUT2D eigenvalue weighted by Gasteiger charge is -2.20. The number of sulfonamides is 1. The highest BCUT2D eigenvalue weighted by molar-refractivity contribution is 7.89. The van der Waals surface area contributed by atoms with Crippen LogP contribution in [0.2, 0.25) is 5.02 Å². The van der Waals surface area contributed by atoms with E-state index in [-0.39, 0.29) is 9.92 Å². The van der Waals surface area contributed by atoms with Gasteiger partial charge in [0.05, 0.1) is 0 Å². The highest BCUT2D eigenvalue weighted by atomic mass is 35.5. The summed E-state index contributed by atoms with van der Waals surface area (Å²) in [6, 6.07) is 3.57. The van der Waals surface area contributed by atoms with Crippen LogP contribution in [0.25, 0.3) is 0 Å². The van der Waals surface area contributed by atoms with Crippen LogP contribution in [-0.4, -0.2) is 38.9 Å². The maximum atomic E-state index is 13.6. The molecule has 1 heterocycles. The van der Waals surface area contributed by atoms with E-state index in [1.165, 1.54) is 10.4 Å². The summed E-state index contributed by atoms with van der Waals surface area (Å²) in [6.07, 6.45) is 0.710. The summed E-state index contributed by atoms with van der Waals surface area (Å²) >= 11 is 5.73. The van der Waals surface area contributed by atoms with Crippen LogP contribution >= 0.6 is 11.6 Å². The zero-order valence-corrected chi connectivity index (χ0v) is 11.3. The second-order valence-electron chi connectivity index (χ2n) is 4.08. The van der Waals surface area contributed by atoms with Gasteiger partial charge in [-0.15, -0.1) is 0 Å². The van der Waals surface area contributed by atoms with Gasteiger partial charge in [0.15, 0.2) is 0 Å². The Morgan fingerprint density at radius 2 is 2.06 bits per heavy atom. The molecule has 1 aromatic carbocycles. The van der Waals surface area contributed by atoms with E-state index in [0.29, 0.717) is 26.1 Å². The number of nitrogens with zero attached hydrogens (tertiary/aromatic N) is 1. The smallest absolute Gasteiger partial charge is 0.246 e. The minimum atomic E-state index is -3.80. The Hall–Kier alpha value is -0.690. The number of halogens is 2. The number of rotatable bonds is 2. The average Bonchev–Trinajstić information content (AvgIpc) is 2.61. The molecule has 0 atom stereocenters. The summed E-state index contributed by atoms with van der Waals surface area (Å²) in [5.41, 5.74) is 0. The molecule has 2 rings (SSSR count). The van der Waals surface area contributed by atoms with Crippen LogP contribution in [0.15, 0.2) is 23.1 Å². The first kappa shape index (κ1) is 13.7. The zero-order valence-electron chi connectivity index (χ0n) is 9.70. The van der Waals surface area contributed by atoms with Crippen LogP contribution in [0.5, 0.6) is 0 Å². The first-order valence-electron chi connectivity index (χ1n) is 5.68. The molecule has 0 saturated carbocycles. The number of hydrogen-bond acceptors (Lipinski definition) is 3. The van der Waals surface area contributed by atoms with Crippen molar-refractivity contribution in [2.75, 3.05) is 26.2 Å². The van der Waals surface area contributed by atoms with Gasteiger partial charge in [0, 0.05) is 24.7 Å². The van der Waals surface area contributed by atoms with Gasteiger partial charge in [-0.1, -0.05) is 11.6 Å². The Morgan fingerprint density at radius 1 is 1.28 bits per heavy atom. The fraction of sp³-hybridized carbons (Fsp3) is 0.455. The highest BCUT2D eigenvalue weighted by Gasteiger charge is 2.27. The zero-order chi connectivity index (χ0) is 13.2.